The number of fused-ring (bicyclic) bond motifs is 1. The Labute approximate surface area is 117 Å². The summed E-state index contributed by atoms with van der Waals surface area (Å²) < 4.78 is 5.23. The van der Waals surface area contributed by atoms with Crippen LogP contribution in [-0.2, 0) is 10.5 Å². The molecular weight excluding hydrogens is 256 g/mol. The summed E-state index contributed by atoms with van der Waals surface area (Å²) in [5.41, 5.74) is 1.38. The lowest BCUT2D eigenvalue weighted by Crippen LogP contribution is -2.47. The zero-order valence-corrected chi connectivity index (χ0v) is 11.7. The van der Waals surface area contributed by atoms with Crippen molar-refractivity contribution >= 4 is 22.5 Å². The fourth-order valence-corrected chi connectivity index (χ4v) is 3.67. The average Bonchev–Trinajstić information content (AvgIpc) is 2.42. The normalized spacial score (nSPS) is 17.3. The van der Waals surface area contributed by atoms with Gasteiger partial charge < -0.3 is 9.84 Å². The maximum atomic E-state index is 9.41. The molecule has 1 saturated heterocycles. The van der Waals surface area contributed by atoms with Gasteiger partial charge in [-0.25, -0.2) is 0 Å². The second-order valence-electron chi connectivity index (χ2n) is 5.28. The Balaban J connectivity index is 1.68. The average molecular weight is 274 g/mol. The molecular formula is C16H18O2S. The van der Waals surface area contributed by atoms with Crippen molar-refractivity contribution in [1.29, 1.82) is 0 Å². The Morgan fingerprint density at radius 1 is 1.11 bits per heavy atom. The molecule has 0 atom stereocenters. The summed E-state index contributed by atoms with van der Waals surface area (Å²) in [5, 5.41) is 12.0. The van der Waals surface area contributed by atoms with Crippen molar-refractivity contribution in [3.63, 3.8) is 0 Å². The summed E-state index contributed by atoms with van der Waals surface area (Å²) in [6, 6.07) is 15.0. The van der Waals surface area contributed by atoms with Crippen LogP contribution in [-0.4, -0.2) is 30.7 Å². The quantitative estimate of drug-likeness (QED) is 0.908. The van der Waals surface area contributed by atoms with Crippen LogP contribution in [0.4, 0.5) is 0 Å². The molecule has 1 N–H and O–H groups in total. The van der Waals surface area contributed by atoms with Gasteiger partial charge >= 0.3 is 0 Å². The molecule has 3 heteroatoms. The molecule has 0 spiro atoms. The van der Waals surface area contributed by atoms with Crippen molar-refractivity contribution in [3.05, 3.63) is 48.0 Å². The van der Waals surface area contributed by atoms with Gasteiger partial charge in [0.25, 0.3) is 0 Å². The van der Waals surface area contributed by atoms with Gasteiger partial charge in [-0.3, -0.25) is 0 Å². The number of thioether (sulfide) groups is 1. The van der Waals surface area contributed by atoms with Crippen LogP contribution < -0.4 is 0 Å². The largest absolute Gasteiger partial charge is 0.396 e. The molecule has 0 aromatic heterocycles. The summed E-state index contributed by atoms with van der Waals surface area (Å²) >= 11 is 1.89. The first-order valence-electron chi connectivity index (χ1n) is 6.56. The zero-order chi connectivity index (χ0) is 13.1. The zero-order valence-electron chi connectivity index (χ0n) is 10.8. The number of hydrogen-bond acceptors (Lipinski definition) is 3. The van der Waals surface area contributed by atoms with E-state index in [1.165, 1.54) is 16.3 Å². The molecule has 0 saturated carbocycles. The summed E-state index contributed by atoms with van der Waals surface area (Å²) in [5.74, 6) is 1.95. The van der Waals surface area contributed by atoms with Crippen LogP contribution >= 0.6 is 11.8 Å². The van der Waals surface area contributed by atoms with Gasteiger partial charge in [-0.05, 0) is 16.3 Å². The van der Waals surface area contributed by atoms with Gasteiger partial charge in [0.2, 0.25) is 0 Å². The van der Waals surface area contributed by atoms with Gasteiger partial charge in [-0.15, -0.1) is 0 Å². The molecule has 19 heavy (non-hydrogen) atoms. The molecule has 2 aromatic rings. The molecule has 3 rings (SSSR count). The van der Waals surface area contributed by atoms with Crippen LogP contribution in [0.1, 0.15) is 5.56 Å². The van der Waals surface area contributed by atoms with Gasteiger partial charge in [-0.2, -0.15) is 11.8 Å². The van der Waals surface area contributed by atoms with E-state index in [4.69, 9.17) is 4.74 Å². The van der Waals surface area contributed by atoms with Gasteiger partial charge in [0.1, 0.15) is 0 Å². The maximum absolute atomic E-state index is 9.41. The van der Waals surface area contributed by atoms with Crippen LogP contribution in [0.3, 0.4) is 0 Å². The van der Waals surface area contributed by atoms with E-state index in [9.17, 15) is 5.11 Å². The van der Waals surface area contributed by atoms with Gasteiger partial charge in [-0.1, -0.05) is 42.5 Å². The Morgan fingerprint density at radius 3 is 2.63 bits per heavy atom. The highest BCUT2D eigenvalue weighted by Gasteiger charge is 2.37. The Kier molecular flexibility index (Phi) is 3.78. The number of aliphatic hydroxyl groups excluding tert-OH is 1. The van der Waals surface area contributed by atoms with Crippen LogP contribution in [0.5, 0.6) is 0 Å². The second-order valence-corrected chi connectivity index (χ2v) is 6.27. The van der Waals surface area contributed by atoms with Gasteiger partial charge in [0.05, 0.1) is 19.8 Å². The van der Waals surface area contributed by atoms with E-state index in [1.807, 2.05) is 11.8 Å². The topological polar surface area (TPSA) is 29.5 Å². The van der Waals surface area contributed by atoms with Crippen LogP contribution in [0, 0.1) is 5.41 Å². The first-order valence-corrected chi connectivity index (χ1v) is 7.71. The molecule has 0 unspecified atom stereocenters. The molecule has 100 valence electrons. The number of ether oxygens (including phenoxy) is 1. The van der Waals surface area contributed by atoms with E-state index >= 15 is 0 Å². The Hall–Kier alpha value is -1.03. The third kappa shape index (κ3) is 2.64. The fourth-order valence-electron chi connectivity index (χ4n) is 2.41. The molecule has 2 nitrogen and oxygen atoms in total. The minimum atomic E-state index is 0.00918. The molecule has 1 aliphatic rings. The molecule has 1 fully saturated rings. The molecule has 2 aromatic carbocycles. The van der Waals surface area contributed by atoms with Crippen LogP contribution in [0.15, 0.2) is 42.5 Å². The highest BCUT2D eigenvalue weighted by atomic mass is 32.2. The minimum absolute atomic E-state index is 0.00918. The molecule has 0 amide bonds. The van der Waals surface area contributed by atoms with E-state index in [0.29, 0.717) is 13.2 Å². The lowest BCUT2D eigenvalue weighted by atomic mass is 9.90. The lowest BCUT2D eigenvalue weighted by molar-refractivity contribution is -0.121. The Morgan fingerprint density at radius 2 is 1.89 bits per heavy atom. The van der Waals surface area contributed by atoms with E-state index in [-0.39, 0.29) is 12.0 Å². The minimum Gasteiger partial charge on any atom is -0.396 e. The van der Waals surface area contributed by atoms with Crippen LogP contribution in [0.25, 0.3) is 10.8 Å². The predicted octanol–water partition coefficient (Wildman–Crippen LogP) is 3.08. The standard InChI is InChI=1S/C16H18O2S/c17-9-16(10-18-11-16)12-19-8-14-6-3-5-13-4-1-2-7-15(13)14/h1-7,17H,8-12H2. The van der Waals surface area contributed by atoms with E-state index < -0.39 is 0 Å². The van der Waals surface area contributed by atoms with Crippen LogP contribution in [0.2, 0.25) is 0 Å². The molecule has 0 aliphatic carbocycles. The smallest absolute Gasteiger partial charge is 0.0575 e. The first kappa shape index (κ1) is 13.0. The summed E-state index contributed by atoms with van der Waals surface area (Å²) in [7, 11) is 0. The molecule has 0 bridgehead atoms. The summed E-state index contributed by atoms with van der Waals surface area (Å²) in [6.07, 6.45) is 0. The van der Waals surface area contributed by atoms with Crippen molar-refractivity contribution in [2.45, 2.75) is 5.75 Å². The van der Waals surface area contributed by atoms with Crippen molar-refractivity contribution < 1.29 is 9.84 Å². The third-order valence-corrected chi connectivity index (χ3v) is 5.03. The molecule has 1 heterocycles. The number of benzene rings is 2. The van der Waals surface area contributed by atoms with Crippen molar-refractivity contribution in [1.82, 2.24) is 0 Å². The maximum Gasteiger partial charge on any atom is 0.0575 e. The number of hydrogen-bond donors (Lipinski definition) is 1. The number of aliphatic hydroxyl groups is 1. The van der Waals surface area contributed by atoms with Crippen molar-refractivity contribution in [2.75, 3.05) is 25.6 Å². The van der Waals surface area contributed by atoms with Gasteiger partial charge in [0, 0.05) is 16.9 Å². The predicted molar refractivity (Wildman–Crippen MR) is 80.4 cm³/mol. The second kappa shape index (κ2) is 5.53. The highest BCUT2D eigenvalue weighted by molar-refractivity contribution is 7.98. The molecule has 1 aliphatic heterocycles. The van der Waals surface area contributed by atoms with Crippen molar-refractivity contribution in [3.8, 4) is 0 Å². The molecule has 0 radical (unpaired) electrons. The third-order valence-electron chi connectivity index (χ3n) is 3.70. The SMILES string of the molecule is OCC1(CSCc2cccc3ccccc23)COC1. The lowest BCUT2D eigenvalue weighted by Gasteiger charge is -2.39. The van der Waals surface area contributed by atoms with E-state index in [0.717, 1.165) is 11.5 Å². The fraction of sp³-hybridized carbons (Fsp3) is 0.375. The Bertz CT molecular complexity index is 553. The highest BCUT2D eigenvalue weighted by Crippen LogP contribution is 2.33. The van der Waals surface area contributed by atoms with Crippen molar-refractivity contribution in [2.24, 2.45) is 5.41 Å². The van der Waals surface area contributed by atoms with E-state index in [1.54, 1.807) is 0 Å². The summed E-state index contributed by atoms with van der Waals surface area (Å²) in [4.78, 5) is 0. The number of rotatable bonds is 5. The monoisotopic (exact) mass is 274 g/mol. The van der Waals surface area contributed by atoms with Gasteiger partial charge in [0.15, 0.2) is 0 Å². The summed E-state index contributed by atoms with van der Waals surface area (Å²) in [6.45, 7) is 1.63. The van der Waals surface area contributed by atoms with E-state index in [2.05, 4.69) is 42.5 Å². The first-order chi connectivity index (χ1) is 9.33.